The van der Waals surface area contributed by atoms with Crippen molar-refractivity contribution in [1.82, 2.24) is 15.2 Å². The van der Waals surface area contributed by atoms with Crippen LogP contribution in [0.25, 0.3) is 0 Å². The Morgan fingerprint density at radius 2 is 1.88 bits per heavy atom. The number of rotatable bonds is 9. The van der Waals surface area contributed by atoms with Crippen LogP contribution < -0.4 is 25.3 Å². The lowest BCUT2D eigenvalue weighted by Gasteiger charge is -2.39. The lowest BCUT2D eigenvalue weighted by molar-refractivity contribution is -0.139. The zero-order valence-corrected chi connectivity index (χ0v) is 22.8. The number of nitrogens with two attached hydrogens (primary N) is 1. The molecule has 222 valence electrons. The largest absolute Gasteiger partial charge is 0.486 e. The number of fused-ring (bicyclic) bond motifs is 1. The molecular formula is C28H26ClF3N4O6. The minimum atomic E-state index is -4.59. The fraction of sp³-hybridized carbons (Fsp3) is 0.321. The molecule has 10 nitrogen and oxygen atoms in total. The molecule has 2 aliphatic heterocycles. The maximum atomic E-state index is 13.3. The Morgan fingerprint density at radius 1 is 1.12 bits per heavy atom. The van der Waals surface area contributed by atoms with Crippen LogP contribution in [-0.2, 0) is 22.3 Å². The van der Waals surface area contributed by atoms with E-state index in [1.807, 2.05) is 6.07 Å². The molecule has 14 heteroatoms. The monoisotopic (exact) mass is 606 g/mol. The predicted molar refractivity (Wildman–Crippen MR) is 144 cm³/mol. The molecule has 1 saturated heterocycles. The Kier molecular flexibility index (Phi) is 8.71. The first-order chi connectivity index (χ1) is 20.1. The summed E-state index contributed by atoms with van der Waals surface area (Å²) in [6.07, 6.45) is -3.26. The van der Waals surface area contributed by atoms with Gasteiger partial charge in [0.05, 0.1) is 23.8 Å². The van der Waals surface area contributed by atoms with Crippen molar-refractivity contribution in [2.45, 2.75) is 24.9 Å². The van der Waals surface area contributed by atoms with Gasteiger partial charge in [-0.1, -0.05) is 17.7 Å². The summed E-state index contributed by atoms with van der Waals surface area (Å²) in [6, 6.07) is 9.54. The number of nitrogens with zero attached hydrogens (tertiary/aromatic N) is 2. The molecule has 1 aromatic heterocycles. The molecule has 1 atom stereocenters. The van der Waals surface area contributed by atoms with Crippen LogP contribution in [0.3, 0.4) is 0 Å². The Balaban J connectivity index is 1.29. The summed E-state index contributed by atoms with van der Waals surface area (Å²) in [6.45, 7) is 1.54. The minimum Gasteiger partial charge on any atom is -0.486 e. The van der Waals surface area contributed by atoms with Crippen molar-refractivity contribution < 1.29 is 41.7 Å². The summed E-state index contributed by atoms with van der Waals surface area (Å²) in [5.74, 6) is -0.230. The van der Waals surface area contributed by atoms with Crippen molar-refractivity contribution in [3.63, 3.8) is 0 Å². The first-order valence-corrected chi connectivity index (χ1v) is 13.3. The molecule has 5 rings (SSSR count). The van der Waals surface area contributed by atoms with Crippen LogP contribution in [0, 0.1) is 0 Å². The van der Waals surface area contributed by atoms with Gasteiger partial charge in [0.2, 0.25) is 11.8 Å². The number of amides is 2. The lowest BCUT2D eigenvalue weighted by Crippen LogP contribution is -2.62. The highest BCUT2D eigenvalue weighted by Gasteiger charge is 2.34. The quantitative estimate of drug-likeness (QED) is 0.377. The van der Waals surface area contributed by atoms with Gasteiger partial charge in [-0.3, -0.25) is 9.59 Å². The van der Waals surface area contributed by atoms with Crippen LogP contribution in [-0.4, -0.2) is 66.7 Å². The van der Waals surface area contributed by atoms with Crippen LogP contribution in [0.1, 0.15) is 21.5 Å². The number of benzene rings is 2. The Hall–Kier alpha value is -4.07. The van der Waals surface area contributed by atoms with Gasteiger partial charge in [-0.15, -0.1) is 0 Å². The second-order valence-corrected chi connectivity index (χ2v) is 10.0. The maximum Gasteiger partial charge on any atom is 0.416 e. The van der Waals surface area contributed by atoms with Gasteiger partial charge in [-0.25, -0.2) is 4.98 Å². The normalized spacial score (nSPS) is 15.5. The molecule has 42 heavy (non-hydrogen) atoms. The highest BCUT2D eigenvalue weighted by Crippen LogP contribution is 2.36. The first-order valence-electron chi connectivity index (χ1n) is 12.9. The van der Waals surface area contributed by atoms with E-state index >= 15 is 0 Å². The van der Waals surface area contributed by atoms with Gasteiger partial charge in [-0.05, 0) is 48.0 Å². The second-order valence-electron chi connectivity index (χ2n) is 9.62. The molecule has 3 aromatic rings. The SMILES string of the molecule is NC1CN(C(=O)[C@@H](COCc2ccc3c(c2)OCCO3)NC(=O)c2cccnc2Oc2ccc(C(F)(F)F)cc2Cl)C1. The third-order valence-corrected chi connectivity index (χ3v) is 6.76. The summed E-state index contributed by atoms with van der Waals surface area (Å²) in [7, 11) is 0. The van der Waals surface area contributed by atoms with E-state index in [4.69, 9.17) is 36.3 Å². The van der Waals surface area contributed by atoms with E-state index in [0.29, 0.717) is 43.9 Å². The number of halogens is 4. The van der Waals surface area contributed by atoms with Crippen LogP contribution in [0.2, 0.25) is 5.02 Å². The fourth-order valence-electron chi connectivity index (χ4n) is 4.30. The molecule has 0 spiro atoms. The van der Waals surface area contributed by atoms with Gasteiger partial charge >= 0.3 is 6.18 Å². The first kappa shape index (κ1) is 29.4. The number of likely N-dealkylation sites (tertiary alicyclic amines) is 1. The number of aromatic nitrogens is 1. The number of hydrogen-bond acceptors (Lipinski definition) is 8. The lowest BCUT2D eigenvalue weighted by atomic mass is 10.1. The van der Waals surface area contributed by atoms with E-state index in [1.165, 1.54) is 23.2 Å². The second kappa shape index (κ2) is 12.4. The van der Waals surface area contributed by atoms with Crippen molar-refractivity contribution in [2.75, 3.05) is 32.9 Å². The summed E-state index contributed by atoms with van der Waals surface area (Å²) < 4.78 is 61.6. The number of alkyl halides is 3. The zero-order chi connectivity index (χ0) is 29.9. The molecule has 1 fully saturated rings. The number of hydrogen-bond donors (Lipinski definition) is 2. The third-order valence-electron chi connectivity index (χ3n) is 6.47. The van der Waals surface area contributed by atoms with Crippen molar-refractivity contribution in [3.05, 3.63) is 76.4 Å². The third kappa shape index (κ3) is 6.86. The molecule has 0 unspecified atom stereocenters. The number of carbonyl (C=O) groups excluding carboxylic acids is 2. The van der Waals surface area contributed by atoms with E-state index in [9.17, 15) is 22.8 Å². The van der Waals surface area contributed by atoms with Crippen molar-refractivity contribution >= 4 is 23.4 Å². The Morgan fingerprint density at radius 3 is 2.60 bits per heavy atom. The summed E-state index contributed by atoms with van der Waals surface area (Å²) >= 11 is 6.01. The van der Waals surface area contributed by atoms with E-state index < -0.39 is 23.7 Å². The van der Waals surface area contributed by atoms with Gasteiger partial charge in [0, 0.05) is 25.3 Å². The fourth-order valence-corrected chi connectivity index (χ4v) is 4.52. The molecule has 0 bridgehead atoms. The molecule has 3 N–H and O–H groups in total. The highest BCUT2D eigenvalue weighted by atomic mass is 35.5. The molecule has 0 radical (unpaired) electrons. The Bertz CT molecular complexity index is 1470. The average Bonchev–Trinajstić information content (AvgIpc) is 2.95. The summed E-state index contributed by atoms with van der Waals surface area (Å²) in [5.41, 5.74) is 5.59. The van der Waals surface area contributed by atoms with Crippen LogP contribution >= 0.6 is 11.6 Å². The minimum absolute atomic E-state index is 0.0709. The van der Waals surface area contributed by atoms with E-state index in [2.05, 4.69) is 10.3 Å². The molecular weight excluding hydrogens is 581 g/mol. The summed E-state index contributed by atoms with van der Waals surface area (Å²) in [4.78, 5) is 32.1. The number of nitrogens with one attached hydrogen (secondary N) is 1. The Labute approximate surface area is 243 Å². The highest BCUT2D eigenvalue weighted by molar-refractivity contribution is 6.32. The van der Waals surface area contributed by atoms with Crippen LogP contribution in [0.15, 0.2) is 54.7 Å². The molecule has 3 heterocycles. The maximum absolute atomic E-state index is 13.3. The van der Waals surface area contributed by atoms with Gasteiger partial charge in [-0.2, -0.15) is 13.2 Å². The van der Waals surface area contributed by atoms with E-state index in [0.717, 1.165) is 17.7 Å². The zero-order valence-electron chi connectivity index (χ0n) is 22.0. The standard InChI is InChI=1S/C28H26ClF3N4O6/c29-20-11-17(28(30,31)32)4-6-22(20)42-26-19(2-1-7-34-26)25(37)35-21(27(38)36-12-18(33)13-36)15-39-14-16-3-5-23-24(10-16)41-9-8-40-23/h1-7,10-11,18,21H,8-9,12-15,33H2,(H,35,37)/t21-/m1/s1. The van der Waals surface area contributed by atoms with Gasteiger partial charge in [0.15, 0.2) is 11.5 Å². The van der Waals surface area contributed by atoms with Crippen LogP contribution in [0.5, 0.6) is 23.1 Å². The molecule has 2 aliphatic rings. The van der Waals surface area contributed by atoms with E-state index in [-0.39, 0.29) is 47.4 Å². The van der Waals surface area contributed by atoms with Gasteiger partial charge < -0.3 is 34.9 Å². The van der Waals surface area contributed by atoms with Crippen molar-refractivity contribution in [2.24, 2.45) is 5.73 Å². The molecule has 0 saturated carbocycles. The smallest absolute Gasteiger partial charge is 0.416 e. The average molecular weight is 607 g/mol. The summed E-state index contributed by atoms with van der Waals surface area (Å²) in [5, 5.41) is 2.34. The molecule has 0 aliphatic carbocycles. The molecule has 2 amide bonds. The van der Waals surface area contributed by atoms with Gasteiger partial charge in [0.1, 0.15) is 30.6 Å². The van der Waals surface area contributed by atoms with Crippen molar-refractivity contribution in [1.29, 1.82) is 0 Å². The van der Waals surface area contributed by atoms with Gasteiger partial charge in [0.25, 0.3) is 5.91 Å². The number of ether oxygens (including phenoxy) is 4. The van der Waals surface area contributed by atoms with E-state index in [1.54, 1.807) is 12.1 Å². The molecule has 2 aromatic carbocycles. The predicted octanol–water partition coefficient (Wildman–Crippen LogP) is 3.80. The topological polar surface area (TPSA) is 125 Å². The van der Waals surface area contributed by atoms with Crippen LogP contribution in [0.4, 0.5) is 13.2 Å². The van der Waals surface area contributed by atoms with Crippen molar-refractivity contribution in [3.8, 4) is 23.1 Å². The number of carbonyl (C=O) groups is 2. The number of pyridine rings is 1.